The normalized spacial score (nSPS) is 14.9. The Bertz CT molecular complexity index is 1200. The SMILES string of the molecule is CCCCC1(CCCC)OB(c2ccc(/C=C/c3ccccc3)cc2)N(c2c(OC)cccc2OC)C1=O. The van der Waals surface area contributed by atoms with Crippen molar-refractivity contribution in [2.45, 2.75) is 58.0 Å². The third-order valence-electron chi connectivity index (χ3n) is 7.18. The highest BCUT2D eigenvalue weighted by Gasteiger charge is 2.56. The molecule has 4 rings (SSSR count). The Morgan fingerprint density at radius 3 is 1.87 bits per heavy atom. The quantitative estimate of drug-likeness (QED) is 0.199. The van der Waals surface area contributed by atoms with Gasteiger partial charge in [-0.3, -0.25) is 4.79 Å². The van der Waals surface area contributed by atoms with Gasteiger partial charge in [0, 0.05) is 0 Å². The summed E-state index contributed by atoms with van der Waals surface area (Å²) in [5, 5.41) is 0. The average molecular weight is 511 g/mol. The fourth-order valence-electron chi connectivity index (χ4n) is 5.06. The van der Waals surface area contributed by atoms with Crippen molar-refractivity contribution in [1.82, 2.24) is 0 Å². The van der Waals surface area contributed by atoms with Crippen molar-refractivity contribution in [3.8, 4) is 11.5 Å². The van der Waals surface area contributed by atoms with Gasteiger partial charge in [0.2, 0.25) is 5.91 Å². The van der Waals surface area contributed by atoms with E-state index in [9.17, 15) is 4.79 Å². The molecule has 198 valence electrons. The highest BCUT2D eigenvalue weighted by molar-refractivity contribution is 6.77. The van der Waals surface area contributed by atoms with Crippen molar-refractivity contribution in [3.05, 3.63) is 83.9 Å². The molecule has 38 heavy (non-hydrogen) atoms. The van der Waals surface area contributed by atoms with E-state index >= 15 is 0 Å². The van der Waals surface area contributed by atoms with Gasteiger partial charge in [-0.2, -0.15) is 0 Å². The van der Waals surface area contributed by atoms with E-state index in [1.165, 1.54) is 0 Å². The van der Waals surface area contributed by atoms with Gasteiger partial charge in [-0.15, -0.1) is 0 Å². The number of para-hydroxylation sites is 1. The van der Waals surface area contributed by atoms with Crippen LogP contribution in [0.15, 0.2) is 72.8 Å². The van der Waals surface area contributed by atoms with Crippen molar-refractivity contribution >= 4 is 36.3 Å². The molecule has 3 aromatic rings. The van der Waals surface area contributed by atoms with Gasteiger partial charge in [0.15, 0.2) is 0 Å². The predicted octanol–water partition coefficient (Wildman–Crippen LogP) is 6.75. The number of ether oxygens (including phenoxy) is 2. The molecule has 0 spiro atoms. The molecule has 1 fully saturated rings. The van der Waals surface area contributed by atoms with E-state index < -0.39 is 12.7 Å². The topological polar surface area (TPSA) is 48.0 Å². The monoisotopic (exact) mass is 511 g/mol. The molecule has 5 nitrogen and oxygen atoms in total. The second-order valence-electron chi connectivity index (χ2n) is 9.77. The maximum atomic E-state index is 14.4. The second-order valence-corrected chi connectivity index (χ2v) is 9.77. The number of unbranched alkanes of at least 4 members (excludes halogenated alkanes) is 2. The molecule has 0 saturated carbocycles. The molecule has 1 heterocycles. The molecule has 1 saturated heterocycles. The molecule has 3 aromatic carbocycles. The lowest BCUT2D eigenvalue weighted by Gasteiger charge is -2.28. The minimum absolute atomic E-state index is 0.0275. The summed E-state index contributed by atoms with van der Waals surface area (Å²) in [4.78, 5) is 16.1. The van der Waals surface area contributed by atoms with E-state index in [0.717, 1.165) is 42.3 Å². The average Bonchev–Trinajstić information content (AvgIpc) is 3.25. The summed E-state index contributed by atoms with van der Waals surface area (Å²) >= 11 is 0. The summed E-state index contributed by atoms with van der Waals surface area (Å²) in [7, 11) is 2.64. The van der Waals surface area contributed by atoms with E-state index in [1.54, 1.807) is 19.0 Å². The van der Waals surface area contributed by atoms with Crippen molar-refractivity contribution in [2.24, 2.45) is 0 Å². The van der Waals surface area contributed by atoms with Crippen LogP contribution in [0.3, 0.4) is 0 Å². The van der Waals surface area contributed by atoms with Crippen LogP contribution in [0.4, 0.5) is 5.69 Å². The van der Waals surface area contributed by atoms with Gasteiger partial charge in [0.05, 0.1) is 14.2 Å². The van der Waals surface area contributed by atoms with Crippen LogP contribution in [0.1, 0.15) is 63.5 Å². The Balaban J connectivity index is 1.76. The summed E-state index contributed by atoms with van der Waals surface area (Å²) < 4.78 is 18.3. The zero-order valence-electron chi connectivity index (χ0n) is 23.0. The van der Waals surface area contributed by atoms with Crippen molar-refractivity contribution < 1.29 is 18.9 Å². The second kappa shape index (κ2) is 12.8. The maximum Gasteiger partial charge on any atom is 0.460 e. The minimum Gasteiger partial charge on any atom is -0.494 e. The molecular formula is C32H38BNO4. The van der Waals surface area contributed by atoms with E-state index in [1.807, 2.05) is 48.5 Å². The van der Waals surface area contributed by atoms with E-state index in [0.29, 0.717) is 30.0 Å². The number of carbonyl (C=O) groups is 1. The lowest BCUT2D eigenvalue weighted by Crippen LogP contribution is -2.47. The van der Waals surface area contributed by atoms with Crippen LogP contribution in [0.25, 0.3) is 12.2 Å². The lowest BCUT2D eigenvalue weighted by atomic mass is 9.71. The van der Waals surface area contributed by atoms with Crippen molar-refractivity contribution in [2.75, 3.05) is 19.0 Å². The number of carbonyl (C=O) groups excluding carboxylic acids is 1. The smallest absolute Gasteiger partial charge is 0.460 e. The van der Waals surface area contributed by atoms with Gasteiger partial charge >= 0.3 is 7.05 Å². The Morgan fingerprint density at radius 2 is 1.34 bits per heavy atom. The first-order valence-corrected chi connectivity index (χ1v) is 13.6. The highest BCUT2D eigenvalue weighted by Crippen LogP contribution is 2.45. The summed E-state index contributed by atoms with van der Waals surface area (Å²) in [6, 6.07) is 24.0. The summed E-state index contributed by atoms with van der Waals surface area (Å²) in [6.45, 7) is 4.29. The first kappa shape index (κ1) is 27.5. The minimum atomic E-state index is -0.881. The molecule has 0 N–H and O–H groups in total. The van der Waals surface area contributed by atoms with Crippen LogP contribution in [-0.2, 0) is 9.45 Å². The summed E-state index contributed by atoms with van der Waals surface area (Å²) in [5.41, 5.74) is 2.86. The van der Waals surface area contributed by atoms with Gasteiger partial charge in [-0.25, -0.2) is 0 Å². The van der Waals surface area contributed by atoms with Gasteiger partial charge in [0.1, 0.15) is 22.8 Å². The van der Waals surface area contributed by atoms with Crippen molar-refractivity contribution in [3.63, 3.8) is 0 Å². The van der Waals surface area contributed by atoms with E-state index in [-0.39, 0.29) is 5.91 Å². The summed E-state index contributed by atoms with van der Waals surface area (Å²) in [5.74, 6) is 1.13. The molecule has 0 unspecified atom stereocenters. The highest BCUT2D eigenvalue weighted by atomic mass is 16.5. The van der Waals surface area contributed by atoms with Crippen LogP contribution in [0.2, 0.25) is 0 Å². The summed E-state index contributed by atoms with van der Waals surface area (Å²) in [6.07, 6.45) is 9.38. The largest absolute Gasteiger partial charge is 0.494 e. The Labute approximate surface area is 227 Å². The van der Waals surface area contributed by atoms with Crippen LogP contribution in [0, 0.1) is 0 Å². The fourth-order valence-corrected chi connectivity index (χ4v) is 5.06. The zero-order valence-corrected chi connectivity index (χ0v) is 23.0. The van der Waals surface area contributed by atoms with Gasteiger partial charge in [-0.1, -0.05) is 112 Å². The fraction of sp³-hybridized carbons (Fsp3) is 0.344. The van der Waals surface area contributed by atoms with Crippen LogP contribution < -0.4 is 19.7 Å². The van der Waals surface area contributed by atoms with Gasteiger partial charge in [0.25, 0.3) is 0 Å². The number of anilines is 1. The van der Waals surface area contributed by atoms with Crippen LogP contribution in [-0.4, -0.2) is 32.8 Å². The number of hydrogen-bond acceptors (Lipinski definition) is 4. The number of nitrogens with zero attached hydrogens (tertiary/aromatic N) is 1. The van der Waals surface area contributed by atoms with Gasteiger partial charge in [-0.05, 0) is 41.6 Å². The number of amides is 1. The van der Waals surface area contributed by atoms with Crippen molar-refractivity contribution in [1.29, 1.82) is 0 Å². The molecular weight excluding hydrogens is 473 g/mol. The lowest BCUT2D eigenvalue weighted by molar-refractivity contribution is -0.130. The molecule has 0 atom stereocenters. The zero-order chi connectivity index (χ0) is 27.0. The molecule has 0 bridgehead atoms. The van der Waals surface area contributed by atoms with Gasteiger partial charge < -0.3 is 18.9 Å². The number of rotatable bonds is 12. The third-order valence-corrected chi connectivity index (χ3v) is 7.18. The third kappa shape index (κ3) is 5.81. The number of hydrogen-bond donors (Lipinski definition) is 0. The Kier molecular flexibility index (Phi) is 9.30. The Hall–Kier alpha value is -3.51. The first-order valence-electron chi connectivity index (χ1n) is 13.6. The van der Waals surface area contributed by atoms with Crippen LogP contribution >= 0.6 is 0 Å². The van der Waals surface area contributed by atoms with E-state index in [4.69, 9.17) is 14.1 Å². The van der Waals surface area contributed by atoms with E-state index in [2.05, 4.69) is 50.3 Å². The maximum absolute atomic E-state index is 14.4. The predicted molar refractivity (Wildman–Crippen MR) is 157 cm³/mol. The molecule has 1 aliphatic heterocycles. The first-order chi connectivity index (χ1) is 18.6. The molecule has 1 amide bonds. The van der Waals surface area contributed by atoms with Crippen LogP contribution in [0.5, 0.6) is 11.5 Å². The number of benzene rings is 3. The molecule has 0 radical (unpaired) electrons. The molecule has 6 heteroatoms. The molecule has 0 aliphatic carbocycles. The standard InChI is InChI=1S/C32H38BNO4/c1-5-7-23-32(24-8-6-2)31(35)34(30-28(36-3)15-12-16-29(30)37-4)33(38-32)27-21-19-26(20-22-27)18-17-25-13-10-9-11-14-25/h9-22H,5-8,23-24H2,1-4H3/b18-17+. The molecule has 1 aliphatic rings. The Morgan fingerprint density at radius 1 is 0.789 bits per heavy atom. The number of methoxy groups -OCH3 is 2. The molecule has 0 aromatic heterocycles.